The highest BCUT2D eigenvalue weighted by Gasteiger charge is 2.25. The number of rotatable bonds is 5. The number of ether oxygens (including phenoxy) is 1. The molecule has 2 rings (SSSR count). The normalized spacial score (nSPS) is 22.1. The SMILES string of the molecule is C[C@@H]1CCCC[C@@H]1NC(=O)[C@@H](C)OC(=O)/C=C/c1cccc(Cl)c1. The third kappa shape index (κ3) is 5.68. The lowest BCUT2D eigenvalue weighted by Gasteiger charge is -2.30. The summed E-state index contributed by atoms with van der Waals surface area (Å²) >= 11 is 5.89. The minimum Gasteiger partial charge on any atom is -0.449 e. The van der Waals surface area contributed by atoms with Crippen LogP contribution in [0.5, 0.6) is 0 Å². The minimum absolute atomic E-state index is 0.175. The molecule has 1 N–H and O–H groups in total. The molecule has 1 aliphatic rings. The summed E-state index contributed by atoms with van der Waals surface area (Å²) in [6, 6.07) is 7.31. The van der Waals surface area contributed by atoms with Crippen molar-refractivity contribution in [3.63, 3.8) is 0 Å². The first-order chi connectivity index (χ1) is 11.5. The van der Waals surface area contributed by atoms with Gasteiger partial charge in [0.25, 0.3) is 5.91 Å². The number of benzene rings is 1. The lowest BCUT2D eigenvalue weighted by Crippen LogP contribution is -2.45. The average molecular weight is 350 g/mol. The van der Waals surface area contributed by atoms with Gasteiger partial charge in [0.1, 0.15) is 0 Å². The number of esters is 1. The van der Waals surface area contributed by atoms with Crippen LogP contribution in [0.4, 0.5) is 0 Å². The van der Waals surface area contributed by atoms with E-state index in [4.69, 9.17) is 16.3 Å². The van der Waals surface area contributed by atoms with E-state index in [0.717, 1.165) is 24.8 Å². The Morgan fingerprint density at radius 1 is 1.33 bits per heavy atom. The molecule has 0 aliphatic heterocycles. The van der Waals surface area contributed by atoms with Crippen LogP contribution >= 0.6 is 11.6 Å². The summed E-state index contributed by atoms with van der Waals surface area (Å²) in [5, 5.41) is 3.59. The Balaban J connectivity index is 1.83. The van der Waals surface area contributed by atoms with Crippen LogP contribution < -0.4 is 5.32 Å². The van der Waals surface area contributed by atoms with E-state index < -0.39 is 12.1 Å². The Morgan fingerprint density at radius 2 is 2.08 bits per heavy atom. The fraction of sp³-hybridized carbons (Fsp3) is 0.474. The Labute approximate surface area is 148 Å². The largest absolute Gasteiger partial charge is 0.449 e. The summed E-state index contributed by atoms with van der Waals surface area (Å²) in [6.07, 6.45) is 6.57. The second kappa shape index (κ2) is 8.88. The van der Waals surface area contributed by atoms with Gasteiger partial charge < -0.3 is 10.1 Å². The van der Waals surface area contributed by atoms with Crippen molar-refractivity contribution in [3.8, 4) is 0 Å². The fourth-order valence-electron chi connectivity index (χ4n) is 2.87. The standard InChI is InChI=1S/C19H24ClNO3/c1-13-6-3-4-9-17(13)21-19(23)14(2)24-18(22)11-10-15-7-5-8-16(20)12-15/h5,7-8,10-14,17H,3-4,6,9H2,1-2H3,(H,21,23)/b11-10+/t13-,14-,17+/m1/s1. The van der Waals surface area contributed by atoms with Gasteiger partial charge in [0.2, 0.25) is 0 Å². The van der Waals surface area contributed by atoms with Crippen LogP contribution in [0.3, 0.4) is 0 Å². The first-order valence-electron chi connectivity index (χ1n) is 8.40. The number of amides is 1. The van der Waals surface area contributed by atoms with Crippen molar-refractivity contribution in [3.05, 3.63) is 40.9 Å². The molecule has 3 atom stereocenters. The zero-order valence-electron chi connectivity index (χ0n) is 14.1. The van der Waals surface area contributed by atoms with Gasteiger partial charge in [-0.1, -0.05) is 43.5 Å². The molecule has 0 saturated heterocycles. The van der Waals surface area contributed by atoms with Crippen molar-refractivity contribution in [2.75, 3.05) is 0 Å². The van der Waals surface area contributed by atoms with Crippen LogP contribution in [0.2, 0.25) is 5.02 Å². The molecular weight excluding hydrogens is 326 g/mol. The first-order valence-corrected chi connectivity index (χ1v) is 8.78. The van der Waals surface area contributed by atoms with Crippen molar-refractivity contribution in [2.24, 2.45) is 5.92 Å². The molecule has 0 bridgehead atoms. The molecule has 5 heteroatoms. The Bertz CT molecular complexity index is 614. The number of carbonyl (C=O) groups excluding carboxylic acids is 2. The zero-order chi connectivity index (χ0) is 17.5. The molecule has 1 aromatic rings. The smallest absolute Gasteiger partial charge is 0.331 e. The second-order valence-corrected chi connectivity index (χ2v) is 6.78. The van der Waals surface area contributed by atoms with E-state index in [1.807, 2.05) is 6.07 Å². The van der Waals surface area contributed by atoms with Crippen molar-refractivity contribution in [2.45, 2.75) is 51.7 Å². The Kier molecular flexibility index (Phi) is 6.85. The average Bonchev–Trinajstić information content (AvgIpc) is 2.55. The van der Waals surface area contributed by atoms with Gasteiger partial charge in [0.05, 0.1) is 0 Å². The molecule has 4 nitrogen and oxygen atoms in total. The predicted octanol–water partition coefficient (Wildman–Crippen LogP) is 3.98. The third-order valence-electron chi connectivity index (χ3n) is 4.36. The number of hydrogen-bond acceptors (Lipinski definition) is 3. The highest BCUT2D eigenvalue weighted by atomic mass is 35.5. The van der Waals surface area contributed by atoms with Gasteiger partial charge in [-0.3, -0.25) is 4.79 Å². The van der Waals surface area contributed by atoms with E-state index in [1.54, 1.807) is 31.2 Å². The van der Waals surface area contributed by atoms with E-state index in [9.17, 15) is 9.59 Å². The van der Waals surface area contributed by atoms with E-state index >= 15 is 0 Å². The van der Waals surface area contributed by atoms with Crippen LogP contribution in [0.15, 0.2) is 30.3 Å². The van der Waals surface area contributed by atoms with Crippen LogP contribution in [-0.4, -0.2) is 24.0 Å². The van der Waals surface area contributed by atoms with Gasteiger partial charge in [-0.05, 0) is 49.5 Å². The van der Waals surface area contributed by atoms with Gasteiger partial charge in [-0.15, -0.1) is 0 Å². The number of nitrogens with one attached hydrogen (secondary N) is 1. The summed E-state index contributed by atoms with van der Waals surface area (Å²) in [7, 11) is 0. The zero-order valence-corrected chi connectivity index (χ0v) is 14.9. The molecule has 1 fully saturated rings. The summed E-state index contributed by atoms with van der Waals surface area (Å²) < 4.78 is 5.17. The Hall–Kier alpha value is -1.81. The fourth-order valence-corrected chi connectivity index (χ4v) is 3.07. The van der Waals surface area contributed by atoms with Gasteiger partial charge in [0.15, 0.2) is 6.10 Å². The number of halogens is 1. The van der Waals surface area contributed by atoms with E-state index in [0.29, 0.717) is 10.9 Å². The van der Waals surface area contributed by atoms with Gasteiger partial charge >= 0.3 is 5.97 Å². The Morgan fingerprint density at radius 3 is 2.79 bits per heavy atom. The van der Waals surface area contributed by atoms with Gasteiger partial charge in [0, 0.05) is 17.1 Å². The van der Waals surface area contributed by atoms with Crippen LogP contribution in [-0.2, 0) is 14.3 Å². The molecule has 0 aromatic heterocycles. The summed E-state index contributed by atoms with van der Waals surface area (Å²) in [4.78, 5) is 24.0. The predicted molar refractivity (Wildman–Crippen MR) is 95.6 cm³/mol. The lowest BCUT2D eigenvalue weighted by atomic mass is 9.86. The molecule has 0 heterocycles. The highest BCUT2D eigenvalue weighted by Crippen LogP contribution is 2.23. The summed E-state index contributed by atoms with van der Waals surface area (Å²) in [5.74, 6) is -0.319. The molecule has 1 amide bonds. The molecule has 0 radical (unpaired) electrons. The van der Waals surface area contributed by atoms with Gasteiger partial charge in [-0.25, -0.2) is 4.79 Å². The molecule has 1 aromatic carbocycles. The van der Waals surface area contributed by atoms with Crippen LogP contribution in [0.25, 0.3) is 6.08 Å². The van der Waals surface area contributed by atoms with E-state index in [2.05, 4.69) is 12.2 Å². The molecule has 1 saturated carbocycles. The maximum absolute atomic E-state index is 12.2. The molecule has 0 spiro atoms. The monoisotopic (exact) mass is 349 g/mol. The first kappa shape index (κ1) is 18.5. The topological polar surface area (TPSA) is 55.4 Å². The van der Waals surface area contributed by atoms with E-state index in [1.165, 1.54) is 12.5 Å². The quantitative estimate of drug-likeness (QED) is 0.646. The highest BCUT2D eigenvalue weighted by molar-refractivity contribution is 6.30. The number of carbonyl (C=O) groups is 2. The van der Waals surface area contributed by atoms with E-state index in [-0.39, 0.29) is 11.9 Å². The van der Waals surface area contributed by atoms with Crippen molar-refractivity contribution >= 4 is 29.6 Å². The van der Waals surface area contributed by atoms with Crippen molar-refractivity contribution in [1.29, 1.82) is 0 Å². The maximum Gasteiger partial charge on any atom is 0.331 e. The van der Waals surface area contributed by atoms with Gasteiger partial charge in [-0.2, -0.15) is 0 Å². The lowest BCUT2D eigenvalue weighted by molar-refractivity contribution is -0.150. The molecule has 24 heavy (non-hydrogen) atoms. The summed E-state index contributed by atoms with van der Waals surface area (Å²) in [6.45, 7) is 3.74. The summed E-state index contributed by atoms with van der Waals surface area (Å²) in [5.41, 5.74) is 0.799. The van der Waals surface area contributed by atoms with Crippen molar-refractivity contribution < 1.29 is 14.3 Å². The maximum atomic E-state index is 12.2. The number of hydrogen-bond donors (Lipinski definition) is 1. The third-order valence-corrected chi connectivity index (χ3v) is 4.60. The van der Waals surface area contributed by atoms with Crippen molar-refractivity contribution in [1.82, 2.24) is 5.32 Å². The molecule has 1 aliphatic carbocycles. The second-order valence-electron chi connectivity index (χ2n) is 6.34. The van der Waals surface area contributed by atoms with Crippen LogP contribution in [0.1, 0.15) is 45.1 Å². The molecular formula is C19H24ClNO3. The molecule has 130 valence electrons. The van der Waals surface area contributed by atoms with Crippen LogP contribution in [0, 0.1) is 5.92 Å². The molecule has 0 unspecified atom stereocenters. The minimum atomic E-state index is -0.810.